The molecule has 0 aromatic heterocycles. The lowest BCUT2D eigenvalue weighted by Crippen LogP contribution is -2.32. The summed E-state index contributed by atoms with van der Waals surface area (Å²) in [5, 5.41) is 0. The molecular formula is C15H25NO4S. The van der Waals surface area contributed by atoms with Crippen LogP contribution in [0.2, 0.25) is 0 Å². The van der Waals surface area contributed by atoms with Crippen LogP contribution < -0.4 is 9.47 Å². The number of nitrogens with zero attached hydrogens (tertiary/aromatic N) is 1. The van der Waals surface area contributed by atoms with Crippen LogP contribution in [0.1, 0.15) is 32.3 Å². The Morgan fingerprint density at radius 1 is 1.00 bits per heavy atom. The summed E-state index contributed by atoms with van der Waals surface area (Å²) < 4.78 is 37.7. The van der Waals surface area contributed by atoms with Crippen LogP contribution in [0.15, 0.2) is 17.0 Å². The van der Waals surface area contributed by atoms with Crippen molar-refractivity contribution < 1.29 is 17.9 Å². The van der Waals surface area contributed by atoms with Gasteiger partial charge in [-0.25, -0.2) is 8.42 Å². The van der Waals surface area contributed by atoms with E-state index >= 15 is 0 Å². The van der Waals surface area contributed by atoms with Crippen molar-refractivity contribution in [3.63, 3.8) is 0 Å². The predicted molar refractivity (Wildman–Crippen MR) is 83.6 cm³/mol. The van der Waals surface area contributed by atoms with Gasteiger partial charge in [0.15, 0.2) is 0 Å². The zero-order valence-electron chi connectivity index (χ0n) is 13.5. The fourth-order valence-electron chi connectivity index (χ4n) is 2.21. The van der Waals surface area contributed by atoms with Crippen molar-refractivity contribution in [3.05, 3.63) is 17.7 Å². The first-order chi connectivity index (χ1) is 9.92. The number of aryl methyl sites for hydroxylation is 1. The number of ether oxygens (including phenoxy) is 2. The van der Waals surface area contributed by atoms with Gasteiger partial charge in [0.05, 0.1) is 14.2 Å². The summed E-state index contributed by atoms with van der Waals surface area (Å²) in [4.78, 5) is 0.161. The average molecular weight is 315 g/mol. The third kappa shape index (κ3) is 3.89. The minimum Gasteiger partial charge on any atom is -0.496 e. The summed E-state index contributed by atoms with van der Waals surface area (Å²) in [5.41, 5.74) is 0.839. The lowest BCUT2D eigenvalue weighted by molar-refractivity contribution is 0.379. The minimum absolute atomic E-state index is 0.161. The normalized spacial score (nSPS) is 11.7. The Morgan fingerprint density at radius 2 is 1.52 bits per heavy atom. The number of methoxy groups -OCH3 is 2. The lowest BCUT2D eigenvalue weighted by Gasteiger charge is -2.23. The van der Waals surface area contributed by atoms with Crippen LogP contribution in [0.4, 0.5) is 0 Å². The maximum Gasteiger partial charge on any atom is 0.246 e. The average Bonchev–Trinajstić information content (AvgIpc) is 2.46. The van der Waals surface area contributed by atoms with Gasteiger partial charge in [-0.15, -0.1) is 0 Å². The summed E-state index contributed by atoms with van der Waals surface area (Å²) in [6.45, 7) is 6.77. The summed E-state index contributed by atoms with van der Waals surface area (Å²) in [6.07, 6.45) is 1.54. The molecule has 6 heteroatoms. The molecule has 1 rings (SSSR count). The van der Waals surface area contributed by atoms with Gasteiger partial charge in [0.25, 0.3) is 0 Å². The van der Waals surface area contributed by atoms with E-state index in [1.807, 2.05) is 20.8 Å². The van der Waals surface area contributed by atoms with Crippen molar-refractivity contribution in [2.45, 2.75) is 38.5 Å². The molecule has 0 saturated carbocycles. The van der Waals surface area contributed by atoms with Gasteiger partial charge in [0.2, 0.25) is 10.0 Å². The molecule has 0 aliphatic carbocycles. The van der Waals surface area contributed by atoms with Crippen molar-refractivity contribution in [3.8, 4) is 11.5 Å². The van der Waals surface area contributed by atoms with Crippen LogP contribution in [0, 0.1) is 6.92 Å². The Bertz CT molecular complexity index is 563. The molecule has 0 heterocycles. The Hall–Kier alpha value is -1.27. The molecule has 0 aliphatic rings. The summed E-state index contributed by atoms with van der Waals surface area (Å²) in [5.74, 6) is 0.896. The molecule has 5 nitrogen and oxygen atoms in total. The largest absolute Gasteiger partial charge is 0.496 e. The van der Waals surface area contributed by atoms with Crippen molar-refractivity contribution in [1.29, 1.82) is 0 Å². The summed E-state index contributed by atoms with van der Waals surface area (Å²) >= 11 is 0. The smallest absolute Gasteiger partial charge is 0.246 e. The molecule has 0 amide bonds. The van der Waals surface area contributed by atoms with E-state index in [0.29, 0.717) is 24.6 Å². The molecule has 0 spiro atoms. The van der Waals surface area contributed by atoms with E-state index in [1.54, 1.807) is 12.1 Å². The Kier molecular flexibility index (Phi) is 6.48. The SMILES string of the molecule is CCCN(CCC)S(=O)(=O)c1cc(OC)c(C)cc1OC. The zero-order valence-corrected chi connectivity index (χ0v) is 14.3. The standard InChI is InChI=1S/C15H25NO4S/c1-6-8-16(9-7-2)21(17,18)15-11-13(19-4)12(3)10-14(15)20-5/h10-11H,6-9H2,1-5H3. The highest BCUT2D eigenvalue weighted by Crippen LogP contribution is 2.33. The first kappa shape index (κ1) is 17.8. The summed E-state index contributed by atoms with van der Waals surface area (Å²) in [7, 11) is -0.584. The molecule has 0 radical (unpaired) electrons. The fourth-order valence-corrected chi connectivity index (χ4v) is 3.99. The molecule has 0 saturated heterocycles. The van der Waals surface area contributed by atoms with Crippen molar-refractivity contribution in [2.75, 3.05) is 27.3 Å². The molecule has 1 aromatic carbocycles. The molecule has 21 heavy (non-hydrogen) atoms. The van der Waals surface area contributed by atoms with E-state index in [1.165, 1.54) is 18.5 Å². The van der Waals surface area contributed by atoms with Crippen LogP contribution in [0.5, 0.6) is 11.5 Å². The highest BCUT2D eigenvalue weighted by Gasteiger charge is 2.27. The zero-order chi connectivity index (χ0) is 16.0. The molecule has 0 bridgehead atoms. The van der Waals surface area contributed by atoms with Crippen molar-refractivity contribution in [1.82, 2.24) is 4.31 Å². The van der Waals surface area contributed by atoms with Crippen molar-refractivity contribution in [2.24, 2.45) is 0 Å². The van der Waals surface area contributed by atoms with Crippen LogP contribution in [-0.4, -0.2) is 40.0 Å². The van der Waals surface area contributed by atoms with E-state index in [0.717, 1.165) is 18.4 Å². The molecular weight excluding hydrogens is 290 g/mol. The maximum absolute atomic E-state index is 12.9. The molecule has 0 fully saturated rings. The Labute approximate surface area is 127 Å². The van der Waals surface area contributed by atoms with Gasteiger partial charge in [-0.2, -0.15) is 4.31 Å². The van der Waals surface area contributed by atoms with Crippen LogP contribution in [0.3, 0.4) is 0 Å². The van der Waals surface area contributed by atoms with Crippen LogP contribution in [-0.2, 0) is 10.0 Å². The topological polar surface area (TPSA) is 55.8 Å². The van der Waals surface area contributed by atoms with Crippen molar-refractivity contribution >= 4 is 10.0 Å². The van der Waals surface area contributed by atoms with E-state index in [4.69, 9.17) is 9.47 Å². The Balaban J connectivity index is 3.40. The van der Waals surface area contributed by atoms with Gasteiger partial charge in [-0.3, -0.25) is 0 Å². The van der Waals surface area contributed by atoms with Gasteiger partial charge >= 0.3 is 0 Å². The molecule has 120 valence electrons. The first-order valence-corrected chi connectivity index (χ1v) is 8.59. The van der Waals surface area contributed by atoms with Gasteiger partial charge in [0.1, 0.15) is 16.4 Å². The second kappa shape index (κ2) is 7.66. The highest BCUT2D eigenvalue weighted by molar-refractivity contribution is 7.89. The monoisotopic (exact) mass is 315 g/mol. The predicted octanol–water partition coefficient (Wildman–Crippen LogP) is 2.82. The van der Waals surface area contributed by atoms with E-state index in [9.17, 15) is 8.42 Å². The second-order valence-electron chi connectivity index (χ2n) is 4.88. The molecule has 0 atom stereocenters. The number of sulfonamides is 1. The van der Waals surface area contributed by atoms with Gasteiger partial charge < -0.3 is 9.47 Å². The number of hydrogen-bond acceptors (Lipinski definition) is 4. The third-order valence-corrected chi connectivity index (χ3v) is 5.16. The number of rotatable bonds is 8. The molecule has 0 unspecified atom stereocenters. The molecule has 0 N–H and O–H groups in total. The van der Waals surface area contributed by atoms with E-state index in [2.05, 4.69) is 0 Å². The quantitative estimate of drug-likeness (QED) is 0.740. The second-order valence-corrected chi connectivity index (χ2v) is 6.78. The fraction of sp³-hybridized carbons (Fsp3) is 0.600. The molecule has 0 aliphatic heterocycles. The lowest BCUT2D eigenvalue weighted by atomic mass is 10.2. The summed E-state index contributed by atoms with van der Waals surface area (Å²) in [6, 6.07) is 3.24. The maximum atomic E-state index is 12.9. The van der Waals surface area contributed by atoms with Crippen LogP contribution >= 0.6 is 0 Å². The molecule has 1 aromatic rings. The highest BCUT2D eigenvalue weighted by atomic mass is 32.2. The van der Waals surface area contributed by atoms with Gasteiger partial charge in [0, 0.05) is 19.2 Å². The Morgan fingerprint density at radius 3 is 1.95 bits per heavy atom. The van der Waals surface area contributed by atoms with Gasteiger partial charge in [-0.05, 0) is 31.4 Å². The number of hydrogen-bond donors (Lipinski definition) is 0. The van der Waals surface area contributed by atoms with E-state index < -0.39 is 10.0 Å². The minimum atomic E-state index is -3.59. The number of benzene rings is 1. The van der Waals surface area contributed by atoms with E-state index in [-0.39, 0.29) is 4.90 Å². The third-order valence-electron chi connectivity index (χ3n) is 3.24. The first-order valence-electron chi connectivity index (χ1n) is 7.15. The van der Waals surface area contributed by atoms with Crippen LogP contribution in [0.25, 0.3) is 0 Å². The van der Waals surface area contributed by atoms with Gasteiger partial charge in [-0.1, -0.05) is 13.8 Å².